The van der Waals surface area contributed by atoms with Gasteiger partial charge >= 0.3 is 5.97 Å². The zero-order chi connectivity index (χ0) is 12.1. The molecule has 1 atom stereocenters. The van der Waals surface area contributed by atoms with Crippen molar-refractivity contribution in [1.29, 1.82) is 0 Å². The summed E-state index contributed by atoms with van der Waals surface area (Å²) in [7, 11) is 0. The molecule has 88 valence electrons. The predicted octanol–water partition coefficient (Wildman–Crippen LogP) is 1.29. The van der Waals surface area contributed by atoms with Crippen molar-refractivity contribution < 1.29 is 14.7 Å². The van der Waals surface area contributed by atoms with Gasteiger partial charge < -0.3 is 10.4 Å². The molecular formula is C10H14N2O3S. The van der Waals surface area contributed by atoms with E-state index >= 15 is 0 Å². The number of amides is 1. The van der Waals surface area contributed by atoms with E-state index in [9.17, 15) is 9.59 Å². The van der Waals surface area contributed by atoms with Crippen molar-refractivity contribution in [3.05, 3.63) is 16.1 Å². The fraction of sp³-hybridized carbons (Fsp3) is 0.500. The molecule has 0 aliphatic rings. The second-order valence-electron chi connectivity index (χ2n) is 3.54. The highest BCUT2D eigenvalue weighted by atomic mass is 32.1. The van der Waals surface area contributed by atoms with E-state index in [0.717, 1.165) is 5.01 Å². The minimum Gasteiger partial charge on any atom is -0.481 e. The van der Waals surface area contributed by atoms with Crippen LogP contribution in [0.25, 0.3) is 0 Å². The lowest BCUT2D eigenvalue weighted by molar-refractivity contribution is -0.141. The topological polar surface area (TPSA) is 79.3 Å². The average Bonchev–Trinajstić information content (AvgIpc) is 2.64. The van der Waals surface area contributed by atoms with Crippen LogP contribution in [0.5, 0.6) is 0 Å². The molecule has 0 aliphatic heterocycles. The van der Waals surface area contributed by atoms with Crippen molar-refractivity contribution in [2.75, 3.05) is 6.54 Å². The van der Waals surface area contributed by atoms with Gasteiger partial charge in [0.2, 0.25) is 0 Å². The third-order valence-corrected chi connectivity index (χ3v) is 2.91. The summed E-state index contributed by atoms with van der Waals surface area (Å²) in [5.74, 6) is -1.54. The number of carbonyl (C=O) groups is 2. The van der Waals surface area contributed by atoms with E-state index in [1.807, 2.05) is 6.92 Å². The molecule has 0 aliphatic carbocycles. The van der Waals surface area contributed by atoms with Gasteiger partial charge in [-0.3, -0.25) is 9.59 Å². The highest BCUT2D eigenvalue weighted by Crippen LogP contribution is 2.07. The standard InChI is InChI=1S/C10H14N2O3S/c1-6(10(14)15)3-4-11-9(13)8-5-16-7(2)12-8/h5-6H,3-4H2,1-2H3,(H,11,13)(H,14,15). The molecular weight excluding hydrogens is 228 g/mol. The van der Waals surface area contributed by atoms with Gasteiger partial charge in [-0.15, -0.1) is 11.3 Å². The Balaban J connectivity index is 2.34. The summed E-state index contributed by atoms with van der Waals surface area (Å²) in [6.45, 7) is 3.79. The van der Waals surface area contributed by atoms with E-state index in [2.05, 4.69) is 10.3 Å². The molecule has 5 nitrogen and oxygen atoms in total. The number of carboxylic acids is 1. The molecule has 1 unspecified atom stereocenters. The molecule has 0 aromatic carbocycles. The number of nitrogens with one attached hydrogen (secondary N) is 1. The van der Waals surface area contributed by atoms with E-state index in [-0.39, 0.29) is 5.91 Å². The summed E-state index contributed by atoms with van der Waals surface area (Å²) in [6, 6.07) is 0. The van der Waals surface area contributed by atoms with Crippen LogP contribution in [0, 0.1) is 12.8 Å². The molecule has 0 spiro atoms. The van der Waals surface area contributed by atoms with Crippen molar-refractivity contribution in [2.24, 2.45) is 5.92 Å². The summed E-state index contributed by atoms with van der Waals surface area (Å²) in [5.41, 5.74) is 0.394. The number of carboxylic acid groups (broad SMARTS) is 1. The molecule has 0 fully saturated rings. The SMILES string of the molecule is Cc1nc(C(=O)NCCC(C)C(=O)O)cs1. The van der Waals surface area contributed by atoms with Gasteiger partial charge in [-0.2, -0.15) is 0 Å². The molecule has 1 aromatic rings. The Hall–Kier alpha value is -1.43. The molecule has 0 saturated carbocycles. The van der Waals surface area contributed by atoms with Gasteiger partial charge in [-0.1, -0.05) is 6.92 Å². The molecule has 0 bridgehead atoms. The van der Waals surface area contributed by atoms with E-state index in [1.54, 1.807) is 12.3 Å². The molecule has 16 heavy (non-hydrogen) atoms. The van der Waals surface area contributed by atoms with Gasteiger partial charge in [0.25, 0.3) is 5.91 Å². The number of aryl methyl sites for hydroxylation is 1. The van der Waals surface area contributed by atoms with Crippen LogP contribution in [0.15, 0.2) is 5.38 Å². The molecule has 1 heterocycles. The smallest absolute Gasteiger partial charge is 0.306 e. The van der Waals surface area contributed by atoms with E-state index in [1.165, 1.54) is 11.3 Å². The number of aromatic nitrogens is 1. The van der Waals surface area contributed by atoms with Crippen molar-refractivity contribution in [2.45, 2.75) is 20.3 Å². The van der Waals surface area contributed by atoms with Crippen LogP contribution < -0.4 is 5.32 Å². The minimum absolute atomic E-state index is 0.248. The van der Waals surface area contributed by atoms with Gasteiger partial charge in [0.1, 0.15) is 5.69 Å². The first-order valence-corrected chi connectivity index (χ1v) is 5.82. The highest BCUT2D eigenvalue weighted by Gasteiger charge is 2.12. The number of rotatable bonds is 5. The van der Waals surface area contributed by atoms with Crippen LogP contribution in [0.3, 0.4) is 0 Å². The number of carbonyl (C=O) groups excluding carboxylic acids is 1. The number of aliphatic carboxylic acids is 1. The van der Waals surface area contributed by atoms with E-state index < -0.39 is 11.9 Å². The summed E-state index contributed by atoms with van der Waals surface area (Å²) < 4.78 is 0. The van der Waals surface area contributed by atoms with Crippen molar-refractivity contribution in [3.8, 4) is 0 Å². The van der Waals surface area contributed by atoms with Crippen molar-refractivity contribution in [1.82, 2.24) is 10.3 Å². The molecule has 0 saturated heterocycles. The quantitative estimate of drug-likeness (QED) is 0.815. The van der Waals surface area contributed by atoms with E-state index in [0.29, 0.717) is 18.7 Å². The maximum atomic E-state index is 11.5. The second kappa shape index (κ2) is 5.60. The Kier molecular flexibility index (Phi) is 4.42. The fourth-order valence-electron chi connectivity index (χ4n) is 1.08. The van der Waals surface area contributed by atoms with Crippen LogP contribution in [0.4, 0.5) is 0 Å². The molecule has 2 N–H and O–H groups in total. The Morgan fingerprint density at radius 3 is 2.81 bits per heavy atom. The van der Waals surface area contributed by atoms with E-state index in [4.69, 9.17) is 5.11 Å². The van der Waals surface area contributed by atoms with Gasteiger partial charge in [-0.25, -0.2) is 4.98 Å². The monoisotopic (exact) mass is 242 g/mol. The molecule has 6 heteroatoms. The second-order valence-corrected chi connectivity index (χ2v) is 4.60. The Bertz CT molecular complexity index is 389. The third kappa shape index (κ3) is 3.62. The Labute approximate surface area is 97.5 Å². The number of hydrogen-bond acceptors (Lipinski definition) is 4. The van der Waals surface area contributed by atoms with Crippen LogP contribution in [0.1, 0.15) is 28.8 Å². The normalized spacial score (nSPS) is 12.1. The van der Waals surface area contributed by atoms with Crippen LogP contribution >= 0.6 is 11.3 Å². The molecule has 1 amide bonds. The average molecular weight is 242 g/mol. The third-order valence-electron chi connectivity index (χ3n) is 2.14. The Morgan fingerprint density at radius 2 is 2.31 bits per heavy atom. The van der Waals surface area contributed by atoms with Gasteiger partial charge in [0.05, 0.1) is 10.9 Å². The molecule has 1 aromatic heterocycles. The zero-order valence-corrected chi connectivity index (χ0v) is 10.0. The first-order chi connectivity index (χ1) is 7.50. The van der Waals surface area contributed by atoms with Crippen molar-refractivity contribution >= 4 is 23.2 Å². The summed E-state index contributed by atoms with van der Waals surface area (Å²) in [5, 5.41) is 13.8. The minimum atomic E-state index is -0.848. The summed E-state index contributed by atoms with van der Waals surface area (Å²) >= 11 is 1.41. The maximum Gasteiger partial charge on any atom is 0.306 e. The number of thiazole rings is 1. The van der Waals surface area contributed by atoms with Crippen molar-refractivity contribution in [3.63, 3.8) is 0 Å². The summed E-state index contributed by atoms with van der Waals surface area (Å²) in [4.78, 5) is 26.1. The number of nitrogens with zero attached hydrogens (tertiary/aromatic N) is 1. The highest BCUT2D eigenvalue weighted by molar-refractivity contribution is 7.09. The van der Waals surface area contributed by atoms with Crippen LogP contribution in [0.2, 0.25) is 0 Å². The lowest BCUT2D eigenvalue weighted by Crippen LogP contribution is -2.27. The number of hydrogen-bond donors (Lipinski definition) is 2. The fourth-order valence-corrected chi connectivity index (χ4v) is 1.68. The molecule has 0 radical (unpaired) electrons. The van der Waals surface area contributed by atoms with Gasteiger partial charge in [-0.05, 0) is 13.3 Å². The van der Waals surface area contributed by atoms with Crippen LogP contribution in [-0.2, 0) is 4.79 Å². The first kappa shape index (κ1) is 12.6. The Morgan fingerprint density at radius 1 is 1.62 bits per heavy atom. The first-order valence-electron chi connectivity index (χ1n) is 4.94. The van der Waals surface area contributed by atoms with Crippen LogP contribution in [-0.4, -0.2) is 28.5 Å². The lowest BCUT2D eigenvalue weighted by Gasteiger charge is -2.06. The summed E-state index contributed by atoms with van der Waals surface area (Å²) in [6.07, 6.45) is 0.421. The largest absolute Gasteiger partial charge is 0.481 e. The van der Waals surface area contributed by atoms with Gasteiger partial charge in [0, 0.05) is 11.9 Å². The lowest BCUT2D eigenvalue weighted by atomic mass is 10.1. The predicted molar refractivity (Wildman–Crippen MR) is 60.6 cm³/mol. The molecule has 1 rings (SSSR count). The maximum absolute atomic E-state index is 11.5. The van der Waals surface area contributed by atoms with Gasteiger partial charge in [0.15, 0.2) is 0 Å². The zero-order valence-electron chi connectivity index (χ0n) is 9.19.